The molecule has 1 aliphatic carbocycles. The Balaban J connectivity index is 1.55. The third-order valence-electron chi connectivity index (χ3n) is 2.75. The van der Waals surface area contributed by atoms with Gasteiger partial charge in [-0.25, -0.2) is 0 Å². The van der Waals surface area contributed by atoms with Crippen molar-refractivity contribution in [1.29, 1.82) is 0 Å². The zero-order valence-electron chi connectivity index (χ0n) is 8.30. The van der Waals surface area contributed by atoms with Crippen molar-refractivity contribution < 1.29 is 0 Å². The molecule has 0 aromatic heterocycles. The molecule has 0 spiro atoms. The second-order valence-corrected chi connectivity index (χ2v) is 5.26. The molecule has 0 bridgehead atoms. The van der Waals surface area contributed by atoms with Crippen LogP contribution in [-0.4, -0.2) is 48.6 Å². The van der Waals surface area contributed by atoms with Gasteiger partial charge in [0.1, 0.15) is 0 Å². The van der Waals surface area contributed by atoms with Crippen LogP contribution in [0.4, 0.5) is 0 Å². The van der Waals surface area contributed by atoms with Crippen molar-refractivity contribution in [3.8, 4) is 0 Å². The Kier molecular flexibility index (Phi) is 3.94. The van der Waals surface area contributed by atoms with Gasteiger partial charge in [-0.1, -0.05) is 0 Å². The highest BCUT2D eigenvalue weighted by atomic mass is 32.2. The molecule has 2 aliphatic rings. The van der Waals surface area contributed by atoms with Gasteiger partial charge in [0, 0.05) is 31.4 Å². The van der Waals surface area contributed by atoms with E-state index in [0.717, 1.165) is 6.04 Å². The molecular weight excluding hydrogens is 180 g/mol. The average Bonchev–Trinajstić information content (AvgIpc) is 2.91. The Bertz CT molecular complexity index is 140. The summed E-state index contributed by atoms with van der Waals surface area (Å²) in [6, 6.07) is 0.876. The van der Waals surface area contributed by atoms with E-state index in [2.05, 4.69) is 22.0 Å². The topological polar surface area (TPSA) is 15.3 Å². The lowest BCUT2D eigenvalue weighted by atomic mass is 10.4. The zero-order chi connectivity index (χ0) is 8.93. The maximum Gasteiger partial charge on any atom is 0.0107 e. The molecule has 0 atom stereocenters. The standard InChI is InChI=1S/C10H20N2S/c1-5-12(7-9-13-8-1)6-4-11-10-2-3-10/h10-11H,1-9H2. The van der Waals surface area contributed by atoms with Gasteiger partial charge >= 0.3 is 0 Å². The lowest BCUT2D eigenvalue weighted by Gasteiger charge is -2.19. The Morgan fingerprint density at radius 1 is 1.23 bits per heavy atom. The number of nitrogens with one attached hydrogen (secondary N) is 1. The predicted molar refractivity (Wildman–Crippen MR) is 59.4 cm³/mol. The molecule has 0 amide bonds. The summed E-state index contributed by atoms with van der Waals surface area (Å²) in [4.78, 5) is 2.61. The number of nitrogens with zero attached hydrogens (tertiary/aromatic N) is 1. The third kappa shape index (κ3) is 3.88. The summed E-state index contributed by atoms with van der Waals surface area (Å²) in [6.07, 6.45) is 4.21. The van der Waals surface area contributed by atoms with Gasteiger partial charge in [0.2, 0.25) is 0 Å². The zero-order valence-corrected chi connectivity index (χ0v) is 9.11. The maximum atomic E-state index is 3.58. The average molecular weight is 200 g/mol. The van der Waals surface area contributed by atoms with E-state index in [1.54, 1.807) is 0 Å². The normalized spacial score (nSPS) is 25.8. The minimum Gasteiger partial charge on any atom is -0.313 e. The van der Waals surface area contributed by atoms with Gasteiger partial charge in [0.15, 0.2) is 0 Å². The first-order valence-corrected chi connectivity index (χ1v) is 6.64. The smallest absolute Gasteiger partial charge is 0.0107 e. The summed E-state index contributed by atoms with van der Waals surface area (Å²) in [7, 11) is 0. The Morgan fingerprint density at radius 3 is 3.00 bits per heavy atom. The first-order chi connectivity index (χ1) is 6.45. The predicted octanol–water partition coefficient (Wildman–Crippen LogP) is 1.18. The molecule has 2 nitrogen and oxygen atoms in total. The highest BCUT2D eigenvalue weighted by molar-refractivity contribution is 7.99. The first kappa shape index (κ1) is 9.81. The van der Waals surface area contributed by atoms with Crippen LogP contribution in [0.1, 0.15) is 19.3 Å². The van der Waals surface area contributed by atoms with Crippen LogP contribution >= 0.6 is 11.8 Å². The highest BCUT2D eigenvalue weighted by Gasteiger charge is 2.20. The lowest BCUT2D eigenvalue weighted by molar-refractivity contribution is 0.294. The number of hydrogen-bond donors (Lipinski definition) is 1. The van der Waals surface area contributed by atoms with Crippen molar-refractivity contribution in [3.63, 3.8) is 0 Å². The van der Waals surface area contributed by atoms with Crippen LogP contribution in [0, 0.1) is 0 Å². The van der Waals surface area contributed by atoms with E-state index in [1.165, 1.54) is 56.9 Å². The summed E-state index contributed by atoms with van der Waals surface area (Å²) in [6.45, 7) is 5.09. The molecule has 2 rings (SSSR count). The van der Waals surface area contributed by atoms with Crippen LogP contribution in [0.3, 0.4) is 0 Å². The van der Waals surface area contributed by atoms with E-state index in [-0.39, 0.29) is 0 Å². The second kappa shape index (κ2) is 5.23. The van der Waals surface area contributed by atoms with Gasteiger partial charge in [0.05, 0.1) is 0 Å². The van der Waals surface area contributed by atoms with Crippen molar-refractivity contribution in [2.45, 2.75) is 25.3 Å². The molecule has 0 unspecified atom stereocenters. The van der Waals surface area contributed by atoms with Crippen LogP contribution in [0.2, 0.25) is 0 Å². The minimum absolute atomic E-state index is 0.876. The molecule has 0 aromatic rings. The summed E-state index contributed by atoms with van der Waals surface area (Å²) in [5, 5.41) is 3.58. The minimum atomic E-state index is 0.876. The molecule has 13 heavy (non-hydrogen) atoms. The number of thioether (sulfide) groups is 1. The van der Waals surface area contributed by atoms with E-state index in [9.17, 15) is 0 Å². The Labute approximate surface area is 85.4 Å². The van der Waals surface area contributed by atoms with Crippen molar-refractivity contribution >= 4 is 11.8 Å². The molecular formula is C10H20N2S. The molecule has 1 aliphatic heterocycles. The fourth-order valence-corrected chi connectivity index (χ4v) is 2.66. The second-order valence-electron chi connectivity index (χ2n) is 4.04. The van der Waals surface area contributed by atoms with Crippen LogP contribution in [0.15, 0.2) is 0 Å². The van der Waals surface area contributed by atoms with Gasteiger partial charge in [-0.05, 0) is 31.6 Å². The van der Waals surface area contributed by atoms with Crippen molar-refractivity contribution in [2.24, 2.45) is 0 Å². The van der Waals surface area contributed by atoms with Crippen molar-refractivity contribution in [3.05, 3.63) is 0 Å². The van der Waals surface area contributed by atoms with Gasteiger partial charge in [-0.3, -0.25) is 0 Å². The largest absolute Gasteiger partial charge is 0.313 e. The molecule has 1 saturated heterocycles. The molecule has 2 fully saturated rings. The Morgan fingerprint density at radius 2 is 2.15 bits per heavy atom. The number of rotatable bonds is 4. The van der Waals surface area contributed by atoms with E-state index >= 15 is 0 Å². The van der Waals surface area contributed by atoms with Crippen LogP contribution in [-0.2, 0) is 0 Å². The first-order valence-electron chi connectivity index (χ1n) is 5.48. The van der Waals surface area contributed by atoms with E-state index in [0.29, 0.717) is 0 Å². The Hall–Kier alpha value is 0.270. The highest BCUT2D eigenvalue weighted by Crippen LogP contribution is 2.18. The van der Waals surface area contributed by atoms with Gasteiger partial charge in [0.25, 0.3) is 0 Å². The summed E-state index contributed by atoms with van der Waals surface area (Å²) in [5.74, 6) is 2.70. The van der Waals surface area contributed by atoms with Gasteiger partial charge in [-0.15, -0.1) is 0 Å². The van der Waals surface area contributed by atoms with Crippen LogP contribution in [0.5, 0.6) is 0 Å². The van der Waals surface area contributed by atoms with Crippen LogP contribution < -0.4 is 5.32 Å². The fourth-order valence-electron chi connectivity index (χ4n) is 1.74. The van der Waals surface area contributed by atoms with E-state index in [4.69, 9.17) is 0 Å². The third-order valence-corrected chi connectivity index (χ3v) is 3.80. The molecule has 0 aromatic carbocycles. The maximum absolute atomic E-state index is 3.58. The SMILES string of the molecule is C1CSCCN(CCNC2CC2)C1. The summed E-state index contributed by atoms with van der Waals surface area (Å²) >= 11 is 2.11. The molecule has 76 valence electrons. The van der Waals surface area contributed by atoms with E-state index < -0.39 is 0 Å². The lowest BCUT2D eigenvalue weighted by Crippen LogP contribution is -2.34. The van der Waals surface area contributed by atoms with Crippen molar-refractivity contribution in [2.75, 3.05) is 37.7 Å². The van der Waals surface area contributed by atoms with Gasteiger partial charge in [-0.2, -0.15) is 11.8 Å². The molecule has 0 radical (unpaired) electrons. The molecule has 1 N–H and O–H groups in total. The van der Waals surface area contributed by atoms with E-state index in [1.807, 2.05) is 0 Å². The fraction of sp³-hybridized carbons (Fsp3) is 1.00. The monoisotopic (exact) mass is 200 g/mol. The quantitative estimate of drug-likeness (QED) is 0.733. The summed E-state index contributed by atoms with van der Waals surface area (Å²) in [5.41, 5.74) is 0. The molecule has 3 heteroatoms. The number of hydrogen-bond acceptors (Lipinski definition) is 3. The van der Waals surface area contributed by atoms with Gasteiger partial charge < -0.3 is 10.2 Å². The van der Waals surface area contributed by atoms with Crippen molar-refractivity contribution in [1.82, 2.24) is 10.2 Å². The molecule has 1 saturated carbocycles. The molecule has 1 heterocycles. The summed E-state index contributed by atoms with van der Waals surface area (Å²) < 4.78 is 0. The van der Waals surface area contributed by atoms with Crippen LogP contribution in [0.25, 0.3) is 0 Å².